The zero-order chi connectivity index (χ0) is 11.7. The highest BCUT2D eigenvalue weighted by Gasteiger charge is 2.20. The van der Waals surface area contributed by atoms with E-state index in [0.29, 0.717) is 13.2 Å². The molecule has 16 heavy (non-hydrogen) atoms. The van der Waals surface area contributed by atoms with Crippen LogP contribution in [0.3, 0.4) is 0 Å². The molecule has 1 saturated heterocycles. The number of hydrogen-bond acceptors (Lipinski definition) is 3. The number of aromatic nitrogens is 1. The summed E-state index contributed by atoms with van der Waals surface area (Å²) in [6.45, 7) is 3.05. The highest BCUT2D eigenvalue weighted by molar-refractivity contribution is 5.87. The number of carbonyl (C=O) groups is 1. The molecule has 1 aromatic heterocycles. The monoisotopic (exact) mass is 223 g/mol. The second-order valence-electron chi connectivity index (χ2n) is 3.92. The lowest BCUT2D eigenvalue weighted by atomic mass is 10.2. The van der Waals surface area contributed by atoms with Crippen molar-refractivity contribution in [2.75, 3.05) is 13.2 Å². The van der Waals surface area contributed by atoms with Gasteiger partial charge in [-0.15, -0.1) is 0 Å². The first-order chi connectivity index (χ1) is 7.59. The Bertz CT molecular complexity index is 471. The Labute approximate surface area is 92.3 Å². The number of hydrogen-bond donors (Lipinski definition) is 1. The number of pyridine rings is 1. The molecule has 0 saturated carbocycles. The van der Waals surface area contributed by atoms with Crippen LogP contribution < -0.4 is 5.43 Å². The largest absolute Gasteiger partial charge is 0.477 e. The van der Waals surface area contributed by atoms with Crippen LogP contribution in [0.15, 0.2) is 17.1 Å². The van der Waals surface area contributed by atoms with Crippen molar-refractivity contribution in [3.05, 3.63) is 33.7 Å². The summed E-state index contributed by atoms with van der Waals surface area (Å²) in [6, 6.07) is 1.50. The minimum atomic E-state index is -1.18. The third-order valence-corrected chi connectivity index (χ3v) is 2.81. The number of aromatic carboxylic acids is 1. The fourth-order valence-electron chi connectivity index (χ4n) is 1.94. The molecule has 1 aromatic rings. The number of rotatable bonds is 2. The van der Waals surface area contributed by atoms with E-state index in [2.05, 4.69) is 0 Å². The fraction of sp³-hybridized carbons (Fsp3) is 0.455. The first kappa shape index (κ1) is 10.9. The van der Waals surface area contributed by atoms with Crippen LogP contribution in [0, 0.1) is 6.92 Å². The number of aryl methyl sites for hydroxylation is 1. The van der Waals surface area contributed by atoms with Crippen molar-refractivity contribution in [2.45, 2.75) is 19.4 Å². The van der Waals surface area contributed by atoms with E-state index in [1.165, 1.54) is 12.3 Å². The Morgan fingerprint density at radius 1 is 1.62 bits per heavy atom. The van der Waals surface area contributed by atoms with Gasteiger partial charge in [-0.05, 0) is 13.3 Å². The van der Waals surface area contributed by atoms with Crippen LogP contribution in [0.4, 0.5) is 0 Å². The van der Waals surface area contributed by atoms with E-state index in [9.17, 15) is 9.59 Å². The van der Waals surface area contributed by atoms with E-state index >= 15 is 0 Å². The van der Waals surface area contributed by atoms with Gasteiger partial charge in [0, 0.05) is 24.6 Å². The summed E-state index contributed by atoms with van der Waals surface area (Å²) in [4.78, 5) is 22.3. The van der Waals surface area contributed by atoms with Crippen molar-refractivity contribution < 1.29 is 14.6 Å². The zero-order valence-corrected chi connectivity index (χ0v) is 8.97. The second kappa shape index (κ2) is 4.09. The SMILES string of the molecule is Cc1cc(=O)c(C(=O)O)cn1[C@@H]1CCOC1. The molecule has 0 spiro atoms. The van der Waals surface area contributed by atoms with E-state index in [1.54, 1.807) is 6.92 Å². The summed E-state index contributed by atoms with van der Waals surface area (Å²) in [6.07, 6.45) is 2.27. The fourth-order valence-corrected chi connectivity index (χ4v) is 1.94. The standard InChI is InChI=1S/C11H13NO4/c1-7-4-10(13)9(11(14)15)5-12(7)8-2-3-16-6-8/h4-5,8H,2-3,6H2,1H3,(H,14,15)/t8-/m1/s1. The number of nitrogens with zero attached hydrogens (tertiary/aromatic N) is 1. The van der Waals surface area contributed by atoms with Gasteiger partial charge in [0.1, 0.15) is 5.56 Å². The maximum Gasteiger partial charge on any atom is 0.341 e. The van der Waals surface area contributed by atoms with Crippen LogP contribution in [-0.4, -0.2) is 28.9 Å². The summed E-state index contributed by atoms with van der Waals surface area (Å²) in [5.41, 5.74) is 0.142. The number of carboxylic acids is 1. The summed E-state index contributed by atoms with van der Waals surface area (Å²) >= 11 is 0. The van der Waals surface area contributed by atoms with Crippen molar-refractivity contribution in [3.63, 3.8) is 0 Å². The number of ether oxygens (including phenoxy) is 1. The summed E-state index contributed by atoms with van der Waals surface area (Å²) < 4.78 is 7.07. The van der Waals surface area contributed by atoms with Crippen LogP contribution in [0.2, 0.25) is 0 Å². The Hall–Kier alpha value is -1.62. The molecule has 1 atom stereocenters. The minimum absolute atomic E-state index is 0.138. The van der Waals surface area contributed by atoms with Crippen LogP contribution in [0.5, 0.6) is 0 Å². The maximum absolute atomic E-state index is 11.4. The van der Waals surface area contributed by atoms with Crippen molar-refractivity contribution in [1.29, 1.82) is 0 Å². The summed E-state index contributed by atoms with van der Waals surface area (Å²) in [5.74, 6) is -1.18. The molecule has 2 rings (SSSR count). The number of carboxylic acid groups (broad SMARTS) is 1. The van der Waals surface area contributed by atoms with E-state index in [0.717, 1.165) is 12.1 Å². The van der Waals surface area contributed by atoms with Gasteiger partial charge >= 0.3 is 5.97 Å². The van der Waals surface area contributed by atoms with Gasteiger partial charge in [-0.2, -0.15) is 0 Å². The Morgan fingerprint density at radius 3 is 2.94 bits per heavy atom. The van der Waals surface area contributed by atoms with Gasteiger partial charge in [0.05, 0.1) is 12.6 Å². The predicted octanol–water partition coefficient (Wildman–Crippen LogP) is 0.816. The normalized spacial score (nSPS) is 19.9. The Kier molecular flexibility index (Phi) is 2.78. The smallest absolute Gasteiger partial charge is 0.341 e. The Morgan fingerprint density at radius 2 is 2.38 bits per heavy atom. The lowest BCUT2D eigenvalue weighted by molar-refractivity contribution is 0.0694. The zero-order valence-electron chi connectivity index (χ0n) is 8.97. The first-order valence-corrected chi connectivity index (χ1v) is 5.13. The van der Waals surface area contributed by atoms with Crippen LogP contribution >= 0.6 is 0 Å². The van der Waals surface area contributed by atoms with Crippen LogP contribution in [-0.2, 0) is 4.74 Å². The average molecular weight is 223 g/mol. The molecular weight excluding hydrogens is 210 g/mol. The molecule has 5 nitrogen and oxygen atoms in total. The van der Waals surface area contributed by atoms with Gasteiger partial charge in [0.15, 0.2) is 5.43 Å². The highest BCUT2D eigenvalue weighted by Crippen LogP contribution is 2.20. The molecule has 1 aliphatic rings. The van der Waals surface area contributed by atoms with E-state index in [1.807, 2.05) is 4.57 Å². The van der Waals surface area contributed by atoms with Gasteiger partial charge in [-0.3, -0.25) is 4.79 Å². The molecule has 86 valence electrons. The molecular formula is C11H13NO4. The molecule has 5 heteroatoms. The lowest BCUT2D eigenvalue weighted by Gasteiger charge is -2.16. The van der Waals surface area contributed by atoms with E-state index < -0.39 is 11.4 Å². The third-order valence-electron chi connectivity index (χ3n) is 2.81. The van der Waals surface area contributed by atoms with Crippen molar-refractivity contribution in [1.82, 2.24) is 4.57 Å². The van der Waals surface area contributed by atoms with E-state index in [4.69, 9.17) is 9.84 Å². The summed E-state index contributed by atoms with van der Waals surface area (Å²) in [5, 5.41) is 8.88. The van der Waals surface area contributed by atoms with Crippen molar-refractivity contribution in [3.8, 4) is 0 Å². The molecule has 2 heterocycles. The van der Waals surface area contributed by atoms with Gasteiger partial charge < -0.3 is 14.4 Å². The first-order valence-electron chi connectivity index (χ1n) is 5.13. The van der Waals surface area contributed by atoms with Gasteiger partial charge in [-0.25, -0.2) is 4.79 Å². The van der Waals surface area contributed by atoms with Gasteiger partial charge in [-0.1, -0.05) is 0 Å². The molecule has 0 aliphatic carbocycles. The van der Waals surface area contributed by atoms with Crippen LogP contribution in [0.1, 0.15) is 28.5 Å². The highest BCUT2D eigenvalue weighted by atomic mass is 16.5. The molecule has 0 unspecified atom stereocenters. The average Bonchev–Trinajstić information content (AvgIpc) is 2.70. The molecule has 0 bridgehead atoms. The third kappa shape index (κ3) is 1.86. The molecule has 0 aromatic carbocycles. The predicted molar refractivity (Wildman–Crippen MR) is 56.9 cm³/mol. The minimum Gasteiger partial charge on any atom is -0.477 e. The molecule has 1 aliphatic heterocycles. The molecule has 1 fully saturated rings. The maximum atomic E-state index is 11.4. The Balaban J connectivity index is 2.48. The molecule has 0 amide bonds. The second-order valence-corrected chi connectivity index (χ2v) is 3.92. The van der Waals surface area contributed by atoms with Crippen LogP contribution in [0.25, 0.3) is 0 Å². The van der Waals surface area contributed by atoms with Gasteiger partial charge in [0.2, 0.25) is 0 Å². The molecule has 0 radical (unpaired) electrons. The topological polar surface area (TPSA) is 68.5 Å². The summed E-state index contributed by atoms with van der Waals surface area (Å²) in [7, 11) is 0. The van der Waals surface area contributed by atoms with Gasteiger partial charge in [0.25, 0.3) is 0 Å². The van der Waals surface area contributed by atoms with E-state index in [-0.39, 0.29) is 11.6 Å². The van der Waals surface area contributed by atoms with Crippen molar-refractivity contribution >= 4 is 5.97 Å². The quantitative estimate of drug-likeness (QED) is 0.805. The molecule has 1 N–H and O–H groups in total. The lowest BCUT2D eigenvalue weighted by Crippen LogP contribution is -2.21. The van der Waals surface area contributed by atoms with Crippen molar-refractivity contribution in [2.24, 2.45) is 0 Å².